The molecule has 16 heteroatoms. The van der Waals surface area contributed by atoms with E-state index in [1.807, 2.05) is 27.7 Å². The molecular formula is C48H80O16. The van der Waals surface area contributed by atoms with E-state index in [1.54, 1.807) is 35.0 Å². The molecule has 64 heavy (non-hydrogen) atoms. The first-order chi connectivity index (χ1) is 30.1. The Morgan fingerprint density at radius 1 is 0.734 bits per heavy atom. The number of esters is 2. The molecule has 1 unspecified atom stereocenters. The fourth-order valence-corrected chi connectivity index (χ4v) is 13.6. The maximum Gasteiger partial charge on any atom is 0.309 e. The third-order valence-electron chi connectivity index (χ3n) is 17.8. The number of carbonyl (C=O) groups is 2. The van der Waals surface area contributed by atoms with Crippen molar-refractivity contribution in [3.8, 4) is 0 Å². The summed E-state index contributed by atoms with van der Waals surface area (Å²) in [6, 6.07) is 0. The van der Waals surface area contributed by atoms with Crippen molar-refractivity contribution in [3.05, 3.63) is 0 Å². The van der Waals surface area contributed by atoms with Crippen LogP contribution in [0.4, 0.5) is 0 Å². The van der Waals surface area contributed by atoms with Crippen molar-refractivity contribution in [3.63, 3.8) is 0 Å². The molecule has 16 nitrogen and oxygen atoms in total. The molecule has 0 aromatic rings. The van der Waals surface area contributed by atoms with Gasteiger partial charge in [-0.3, -0.25) is 9.59 Å². The van der Waals surface area contributed by atoms with E-state index >= 15 is 0 Å². The summed E-state index contributed by atoms with van der Waals surface area (Å²) in [5, 5.41) is 47.5. The normalized spacial score (nSPS) is 50.3. The van der Waals surface area contributed by atoms with Crippen LogP contribution in [-0.2, 0) is 57.0 Å². The molecule has 0 amide bonds. The van der Waals surface area contributed by atoms with Crippen molar-refractivity contribution in [2.24, 2.45) is 34.5 Å². The third-order valence-corrected chi connectivity index (χ3v) is 17.8. The van der Waals surface area contributed by atoms with Crippen molar-refractivity contribution in [1.29, 1.82) is 0 Å². The van der Waals surface area contributed by atoms with Gasteiger partial charge in [0.2, 0.25) is 0 Å². The fraction of sp³-hybridized carbons (Fsp3) is 0.958. The van der Waals surface area contributed by atoms with Crippen LogP contribution in [0.25, 0.3) is 0 Å². The second kappa shape index (κ2) is 19.5. The number of rotatable bonds is 13. The average molecular weight is 913 g/mol. The lowest BCUT2D eigenvalue weighted by Crippen LogP contribution is -2.72. The van der Waals surface area contributed by atoms with Crippen LogP contribution < -0.4 is 0 Å². The molecule has 4 saturated carbocycles. The predicted octanol–water partition coefficient (Wildman–Crippen LogP) is 4.71. The van der Waals surface area contributed by atoms with Crippen LogP contribution in [0.1, 0.15) is 139 Å². The van der Waals surface area contributed by atoms with Crippen molar-refractivity contribution in [2.75, 3.05) is 14.2 Å². The van der Waals surface area contributed by atoms with E-state index in [4.69, 9.17) is 47.4 Å². The SMILES string of the molecule is CCC(C)C(=O)O[C@H](C)[C@]1(O)CC[C@]2(O)[C@@H]3CC[C@H]4C[C@@H](O[C@H]5C[C@H](O)[C@H](O[C@H]6C[C@H](OC)[C@H](O[C@H]7C[C@@H](OC)[C@H](O)[C@@H](C)O7)[C@@H](C)O6)[C@@H](C)O5)CC[C@]4(C)[C@H]3C[C@@H](OC(C)=O)[C@]12C. The smallest absolute Gasteiger partial charge is 0.309 e. The highest BCUT2D eigenvalue weighted by molar-refractivity contribution is 5.72. The molecule has 23 atom stereocenters. The second-order valence-corrected chi connectivity index (χ2v) is 21.1. The summed E-state index contributed by atoms with van der Waals surface area (Å²) in [5.41, 5.74) is -4.42. The highest BCUT2D eigenvalue weighted by atomic mass is 16.7. The van der Waals surface area contributed by atoms with Gasteiger partial charge in [-0.05, 0) is 109 Å². The predicted molar refractivity (Wildman–Crippen MR) is 229 cm³/mol. The molecule has 3 saturated heterocycles. The first-order valence-corrected chi connectivity index (χ1v) is 24.3. The number of fused-ring (bicyclic) bond motifs is 5. The topological polar surface area (TPSA) is 207 Å². The number of aliphatic hydroxyl groups excluding tert-OH is 2. The summed E-state index contributed by atoms with van der Waals surface area (Å²) in [7, 11) is 3.18. The lowest BCUT2D eigenvalue weighted by Gasteiger charge is -2.66. The molecule has 0 bridgehead atoms. The Kier molecular flexibility index (Phi) is 15.3. The van der Waals surface area contributed by atoms with Gasteiger partial charge in [0.1, 0.15) is 36.1 Å². The zero-order valence-electron chi connectivity index (χ0n) is 40.1. The zero-order valence-corrected chi connectivity index (χ0v) is 40.1. The fourth-order valence-electron chi connectivity index (χ4n) is 13.6. The molecule has 0 aromatic carbocycles. The van der Waals surface area contributed by atoms with Gasteiger partial charge >= 0.3 is 11.9 Å². The molecule has 4 N–H and O–H groups in total. The minimum Gasteiger partial charge on any atom is -0.462 e. The molecule has 368 valence electrons. The Morgan fingerprint density at radius 2 is 1.34 bits per heavy atom. The molecular weight excluding hydrogens is 833 g/mol. The number of methoxy groups -OCH3 is 2. The van der Waals surface area contributed by atoms with Crippen molar-refractivity contribution in [1.82, 2.24) is 0 Å². The van der Waals surface area contributed by atoms with Crippen molar-refractivity contribution >= 4 is 11.9 Å². The minimum atomic E-state index is -1.61. The third kappa shape index (κ3) is 8.96. The highest BCUT2D eigenvalue weighted by Gasteiger charge is 2.77. The van der Waals surface area contributed by atoms with Gasteiger partial charge in [-0.25, -0.2) is 0 Å². The molecule has 7 aliphatic rings. The van der Waals surface area contributed by atoms with Crippen LogP contribution in [-0.4, -0.2) is 150 Å². The lowest BCUT2D eigenvalue weighted by atomic mass is 9.42. The summed E-state index contributed by atoms with van der Waals surface area (Å²) in [4.78, 5) is 25.7. The van der Waals surface area contributed by atoms with E-state index in [2.05, 4.69) is 6.92 Å². The van der Waals surface area contributed by atoms with E-state index in [0.29, 0.717) is 32.1 Å². The van der Waals surface area contributed by atoms with Crippen molar-refractivity contribution in [2.45, 2.75) is 243 Å². The molecule has 7 rings (SSSR count). The maximum absolute atomic E-state index is 13.0. The van der Waals surface area contributed by atoms with Gasteiger partial charge < -0.3 is 67.8 Å². The average Bonchev–Trinajstić information content (AvgIpc) is 3.47. The van der Waals surface area contributed by atoms with Crippen LogP contribution in [0.3, 0.4) is 0 Å². The van der Waals surface area contributed by atoms with Crippen LogP contribution in [0.15, 0.2) is 0 Å². The van der Waals surface area contributed by atoms with Crippen LogP contribution in [0.5, 0.6) is 0 Å². The van der Waals surface area contributed by atoms with Crippen LogP contribution in [0.2, 0.25) is 0 Å². The summed E-state index contributed by atoms with van der Waals surface area (Å²) in [6.07, 6.45) is -2.11. The zero-order chi connectivity index (χ0) is 46.7. The van der Waals surface area contributed by atoms with Crippen molar-refractivity contribution < 1.29 is 77.4 Å². The lowest BCUT2D eigenvalue weighted by molar-refractivity contribution is -0.338. The minimum absolute atomic E-state index is 0.0197. The Balaban J connectivity index is 0.955. The van der Waals surface area contributed by atoms with Gasteiger partial charge in [0, 0.05) is 40.4 Å². The van der Waals surface area contributed by atoms with Gasteiger partial charge in [-0.2, -0.15) is 0 Å². The number of ether oxygens (including phenoxy) is 10. The quantitative estimate of drug-likeness (QED) is 0.146. The van der Waals surface area contributed by atoms with Gasteiger partial charge in [-0.15, -0.1) is 0 Å². The van der Waals surface area contributed by atoms with Gasteiger partial charge in [0.05, 0.1) is 59.7 Å². The summed E-state index contributed by atoms with van der Waals surface area (Å²) < 4.78 is 61.4. The number of aliphatic hydroxyl groups is 4. The van der Waals surface area contributed by atoms with E-state index in [0.717, 1.165) is 32.1 Å². The summed E-state index contributed by atoms with van der Waals surface area (Å²) in [5.74, 6) is -1.06. The van der Waals surface area contributed by atoms with Gasteiger partial charge in [0.25, 0.3) is 0 Å². The number of carbonyl (C=O) groups excluding carboxylic acids is 2. The molecule has 3 heterocycles. The standard InChI is InChI=1S/C48H80O16/c1-12-24(2)44(52)60-28(6)47(53)17-18-48(54)32-14-13-30-19-31(15-16-45(30,8)33(32)20-37(46(47,48)9)61-29(7)49)62-38-21-34(50)42(26(4)58-38)63-40-23-36(56-11)43(27(5)59-40)64-39-22-35(55-10)41(51)25(3)57-39/h24-28,30-43,50-51,53-54H,12-23H2,1-11H3/t24?,25-,26-,27-,28-,30+,31+,32-,33+,34+,35-,36+,37-,38+,39+,40+,41-,42-,43-,45+,46-,47-,48+/m1/s1. The number of hydrogen-bond donors (Lipinski definition) is 4. The molecule has 3 aliphatic heterocycles. The Labute approximate surface area is 379 Å². The first kappa shape index (κ1) is 50.3. The molecule has 4 aliphatic carbocycles. The summed E-state index contributed by atoms with van der Waals surface area (Å²) >= 11 is 0. The largest absolute Gasteiger partial charge is 0.462 e. The monoisotopic (exact) mass is 913 g/mol. The first-order valence-electron chi connectivity index (χ1n) is 24.3. The van der Waals surface area contributed by atoms with Crippen LogP contribution >= 0.6 is 0 Å². The summed E-state index contributed by atoms with van der Waals surface area (Å²) in [6.45, 7) is 16.5. The van der Waals surface area contributed by atoms with Gasteiger partial charge in [-0.1, -0.05) is 27.7 Å². The molecule has 0 aromatic heterocycles. The van der Waals surface area contributed by atoms with E-state index in [-0.39, 0.29) is 54.1 Å². The Morgan fingerprint density at radius 3 is 1.97 bits per heavy atom. The Bertz CT molecular complexity index is 1610. The highest BCUT2D eigenvalue weighted by Crippen LogP contribution is 2.71. The van der Waals surface area contributed by atoms with E-state index in [1.165, 1.54) is 6.92 Å². The number of hydrogen-bond acceptors (Lipinski definition) is 16. The second-order valence-electron chi connectivity index (χ2n) is 21.1. The van der Waals surface area contributed by atoms with E-state index < -0.39 is 108 Å². The van der Waals surface area contributed by atoms with E-state index in [9.17, 15) is 30.0 Å². The molecule has 0 spiro atoms. The molecule has 7 fully saturated rings. The van der Waals surface area contributed by atoms with Crippen LogP contribution in [0, 0.1) is 34.5 Å². The molecule has 0 radical (unpaired) electrons. The Hall–Kier alpha value is -1.54. The maximum atomic E-state index is 13.0. The van der Waals surface area contributed by atoms with Gasteiger partial charge in [0.15, 0.2) is 18.9 Å².